The fourth-order valence-electron chi connectivity index (χ4n) is 2.38. The van der Waals surface area contributed by atoms with Crippen molar-refractivity contribution in [1.82, 2.24) is 5.32 Å². The van der Waals surface area contributed by atoms with Gasteiger partial charge in [0.1, 0.15) is 6.04 Å². The van der Waals surface area contributed by atoms with Gasteiger partial charge in [-0.1, -0.05) is 30.3 Å². The van der Waals surface area contributed by atoms with Crippen LogP contribution < -0.4 is 5.32 Å². The number of carboxylic acid groups (broad SMARTS) is 1. The molecule has 27 heavy (non-hydrogen) atoms. The van der Waals surface area contributed by atoms with Gasteiger partial charge < -0.3 is 10.4 Å². The molecule has 0 aliphatic carbocycles. The Kier molecular flexibility index (Phi) is 7.18. The number of nitro groups is 1. The third-order valence-electron chi connectivity index (χ3n) is 3.72. The molecule has 0 bridgehead atoms. The molecular formula is C18H18N2O6S. The van der Waals surface area contributed by atoms with Gasteiger partial charge in [0, 0.05) is 22.8 Å². The van der Waals surface area contributed by atoms with Gasteiger partial charge >= 0.3 is 5.97 Å². The van der Waals surface area contributed by atoms with Crippen molar-refractivity contribution >= 4 is 28.4 Å². The van der Waals surface area contributed by atoms with Crippen LogP contribution in [0.5, 0.6) is 0 Å². The van der Waals surface area contributed by atoms with E-state index in [4.69, 9.17) is 0 Å². The number of rotatable bonds is 9. The number of amides is 1. The molecule has 0 aliphatic heterocycles. The number of benzene rings is 2. The summed E-state index contributed by atoms with van der Waals surface area (Å²) < 4.78 is 12.2. The van der Waals surface area contributed by atoms with Gasteiger partial charge in [-0.2, -0.15) is 0 Å². The average molecular weight is 390 g/mol. The van der Waals surface area contributed by atoms with Crippen LogP contribution >= 0.6 is 0 Å². The predicted molar refractivity (Wildman–Crippen MR) is 98.7 cm³/mol. The minimum Gasteiger partial charge on any atom is -0.480 e. The molecule has 0 spiro atoms. The molecule has 0 radical (unpaired) electrons. The number of carboxylic acids is 1. The van der Waals surface area contributed by atoms with Crippen LogP contribution in [0.15, 0.2) is 59.5 Å². The summed E-state index contributed by atoms with van der Waals surface area (Å²) >= 11 is 0. The van der Waals surface area contributed by atoms with Crippen molar-refractivity contribution in [1.29, 1.82) is 0 Å². The van der Waals surface area contributed by atoms with Crippen molar-refractivity contribution in [2.45, 2.75) is 23.8 Å². The van der Waals surface area contributed by atoms with Crippen LogP contribution in [0.2, 0.25) is 0 Å². The standard InChI is InChI=1S/C18H18N2O6S/c21-17(12-13-5-4-6-14(11-13)20(24)25)19-16(18(22)23)9-10-27(26)15-7-2-1-3-8-15/h1-8,11,16H,9-10,12H2,(H,19,21)(H,22,23)/t16-,27-/m1/s1. The van der Waals surface area contributed by atoms with E-state index in [-0.39, 0.29) is 24.3 Å². The van der Waals surface area contributed by atoms with Gasteiger partial charge in [-0.05, 0) is 24.1 Å². The molecule has 0 heterocycles. The minimum absolute atomic E-state index is 0.00246. The van der Waals surface area contributed by atoms with Gasteiger partial charge in [-0.3, -0.25) is 19.1 Å². The molecule has 2 aromatic rings. The van der Waals surface area contributed by atoms with Crippen molar-refractivity contribution in [3.05, 3.63) is 70.3 Å². The van der Waals surface area contributed by atoms with E-state index in [0.29, 0.717) is 10.5 Å². The second-order valence-electron chi connectivity index (χ2n) is 5.71. The normalized spacial score (nSPS) is 12.7. The van der Waals surface area contributed by atoms with E-state index in [1.807, 2.05) is 0 Å². The SMILES string of the molecule is O=C(Cc1cccc([N+](=O)[O-])c1)N[C@H](CC[S@@](=O)c1ccccc1)C(=O)O. The number of non-ortho nitro benzene ring substituents is 1. The van der Waals surface area contributed by atoms with E-state index in [1.165, 1.54) is 18.2 Å². The molecule has 0 fully saturated rings. The quantitative estimate of drug-likeness (QED) is 0.497. The summed E-state index contributed by atoms with van der Waals surface area (Å²) in [6.45, 7) is 0. The van der Waals surface area contributed by atoms with Crippen molar-refractivity contribution < 1.29 is 23.8 Å². The first-order chi connectivity index (χ1) is 12.9. The summed E-state index contributed by atoms with van der Waals surface area (Å²) in [6, 6.07) is 13.0. The molecule has 2 aromatic carbocycles. The highest BCUT2D eigenvalue weighted by atomic mass is 32.2. The maximum Gasteiger partial charge on any atom is 0.326 e. The molecule has 1 amide bonds. The fourth-order valence-corrected chi connectivity index (χ4v) is 3.53. The number of nitrogens with one attached hydrogen (secondary N) is 1. The third-order valence-corrected chi connectivity index (χ3v) is 5.12. The van der Waals surface area contributed by atoms with Crippen LogP contribution in [-0.2, 0) is 26.8 Å². The molecular weight excluding hydrogens is 372 g/mol. The zero-order valence-corrected chi connectivity index (χ0v) is 15.1. The number of nitro benzene ring substituents is 1. The van der Waals surface area contributed by atoms with Crippen LogP contribution in [0.1, 0.15) is 12.0 Å². The molecule has 2 atom stereocenters. The first-order valence-corrected chi connectivity index (χ1v) is 9.37. The van der Waals surface area contributed by atoms with Crippen molar-refractivity contribution in [3.63, 3.8) is 0 Å². The maximum atomic E-state index is 12.2. The highest BCUT2D eigenvalue weighted by Crippen LogP contribution is 2.14. The molecule has 0 aliphatic rings. The van der Waals surface area contributed by atoms with Gasteiger partial charge in [0.15, 0.2) is 0 Å². The lowest BCUT2D eigenvalue weighted by molar-refractivity contribution is -0.384. The van der Waals surface area contributed by atoms with E-state index in [2.05, 4.69) is 5.32 Å². The Morgan fingerprint density at radius 3 is 2.48 bits per heavy atom. The lowest BCUT2D eigenvalue weighted by Crippen LogP contribution is -2.42. The van der Waals surface area contributed by atoms with Gasteiger partial charge in [0.25, 0.3) is 5.69 Å². The molecule has 8 nitrogen and oxygen atoms in total. The summed E-state index contributed by atoms with van der Waals surface area (Å²) in [5.41, 5.74) is 0.257. The van der Waals surface area contributed by atoms with E-state index in [0.717, 1.165) is 0 Å². The summed E-state index contributed by atoms with van der Waals surface area (Å²) in [4.78, 5) is 34.3. The van der Waals surface area contributed by atoms with Gasteiger partial charge in [-0.15, -0.1) is 0 Å². The number of carbonyl (C=O) groups is 2. The zero-order chi connectivity index (χ0) is 19.8. The van der Waals surface area contributed by atoms with Gasteiger partial charge in [-0.25, -0.2) is 4.79 Å². The molecule has 9 heteroatoms. The number of hydrogen-bond acceptors (Lipinski definition) is 5. The smallest absolute Gasteiger partial charge is 0.326 e. The fraction of sp³-hybridized carbons (Fsp3) is 0.222. The Labute approximate surface area is 157 Å². The van der Waals surface area contributed by atoms with Crippen LogP contribution in [0, 0.1) is 10.1 Å². The average Bonchev–Trinajstić information content (AvgIpc) is 2.65. The van der Waals surface area contributed by atoms with E-state index in [1.54, 1.807) is 36.4 Å². The molecule has 2 rings (SSSR count). The molecule has 0 aromatic heterocycles. The Morgan fingerprint density at radius 2 is 1.85 bits per heavy atom. The highest BCUT2D eigenvalue weighted by Gasteiger charge is 2.21. The predicted octanol–water partition coefficient (Wildman–Crippen LogP) is 1.90. The van der Waals surface area contributed by atoms with E-state index < -0.39 is 33.6 Å². The largest absolute Gasteiger partial charge is 0.480 e. The number of aliphatic carboxylic acids is 1. The van der Waals surface area contributed by atoms with Crippen LogP contribution in [-0.4, -0.2) is 37.9 Å². The molecule has 142 valence electrons. The Balaban J connectivity index is 1.94. The molecule has 0 saturated carbocycles. The summed E-state index contributed by atoms with van der Waals surface area (Å²) in [6.07, 6.45) is -0.190. The Bertz CT molecular complexity index is 856. The van der Waals surface area contributed by atoms with Crippen LogP contribution in [0.25, 0.3) is 0 Å². The summed E-state index contributed by atoms with van der Waals surface area (Å²) in [7, 11) is -1.37. The number of hydrogen-bond donors (Lipinski definition) is 2. The lowest BCUT2D eigenvalue weighted by atomic mass is 10.1. The summed E-state index contributed by atoms with van der Waals surface area (Å²) in [5, 5.41) is 22.4. The van der Waals surface area contributed by atoms with Crippen LogP contribution in [0.3, 0.4) is 0 Å². The Hall–Kier alpha value is -3.07. The van der Waals surface area contributed by atoms with E-state index in [9.17, 15) is 29.0 Å². The minimum atomic E-state index is -1.37. The van der Waals surface area contributed by atoms with Gasteiger partial charge in [0.2, 0.25) is 5.91 Å². The first kappa shape index (κ1) is 20.2. The first-order valence-electron chi connectivity index (χ1n) is 8.05. The molecule has 0 saturated heterocycles. The number of carbonyl (C=O) groups excluding carboxylic acids is 1. The van der Waals surface area contributed by atoms with Crippen LogP contribution in [0.4, 0.5) is 5.69 Å². The molecule has 2 N–H and O–H groups in total. The number of nitrogens with zero attached hydrogens (tertiary/aromatic N) is 1. The van der Waals surface area contributed by atoms with Gasteiger partial charge in [0.05, 0.1) is 22.1 Å². The van der Waals surface area contributed by atoms with Crippen molar-refractivity contribution in [3.8, 4) is 0 Å². The molecule has 0 unspecified atom stereocenters. The van der Waals surface area contributed by atoms with Crippen molar-refractivity contribution in [2.24, 2.45) is 0 Å². The topological polar surface area (TPSA) is 127 Å². The van der Waals surface area contributed by atoms with Crippen molar-refractivity contribution in [2.75, 3.05) is 5.75 Å². The second kappa shape index (κ2) is 9.58. The third kappa shape index (κ3) is 6.30. The monoisotopic (exact) mass is 390 g/mol. The Morgan fingerprint density at radius 1 is 1.15 bits per heavy atom. The second-order valence-corrected chi connectivity index (χ2v) is 7.28. The van der Waals surface area contributed by atoms with E-state index >= 15 is 0 Å². The maximum absolute atomic E-state index is 12.2. The lowest BCUT2D eigenvalue weighted by Gasteiger charge is -2.14. The highest BCUT2D eigenvalue weighted by molar-refractivity contribution is 7.85. The zero-order valence-electron chi connectivity index (χ0n) is 14.2. The summed E-state index contributed by atoms with van der Waals surface area (Å²) in [5.74, 6) is -1.72.